The van der Waals surface area contributed by atoms with Gasteiger partial charge in [0.15, 0.2) is 6.29 Å². The van der Waals surface area contributed by atoms with Gasteiger partial charge >= 0.3 is 0 Å². The monoisotopic (exact) mass is 220 g/mol. The van der Waals surface area contributed by atoms with Gasteiger partial charge in [0, 0.05) is 0 Å². The lowest BCUT2D eigenvalue weighted by Crippen LogP contribution is -2.63. The van der Waals surface area contributed by atoms with Crippen LogP contribution in [0.1, 0.15) is 13.8 Å². The Kier molecular flexibility index (Phi) is 4.45. The maximum Gasteiger partial charge on any atom is 0.173 e. The van der Waals surface area contributed by atoms with Crippen LogP contribution in [0.4, 0.5) is 0 Å². The fraction of sp³-hybridized carbons (Fsp3) is 1.00. The maximum absolute atomic E-state index is 10.7. The van der Waals surface area contributed by atoms with Gasteiger partial charge in [-0.2, -0.15) is 0 Å². The Bertz CT molecular complexity index is 201. The van der Waals surface area contributed by atoms with E-state index in [0.717, 1.165) is 0 Å². The summed E-state index contributed by atoms with van der Waals surface area (Å²) in [6.45, 7) is 2.93. The lowest BCUT2D eigenvalue weighted by molar-refractivity contribution is -0.264. The summed E-state index contributed by atoms with van der Waals surface area (Å²) >= 11 is 0. The third-order valence-electron chi connectivity index (χ3n) is 2.33. The first-order chi connectivity index (χ1) is 6.97. The summed E-state index contributed by atoms with van der Waals surface area (Å²) in [5.41, 5.74) is 5.62. The molecule has 15 heavy (non-hydrogen) atoms. The molecule has 0 spiro atoms. The van der Waals surface area contributed by atoms with Crippen molar-refractivity contribution in [2.45, 2.75) is 50.6 Å². The third kappa shape index (κ3) is 2.87. The quantitative estimate of drug-likeness (QED) is 0.543. The van der Waals surface area contributed by atoms with Crippen LogP contribution < -0.4 is 5.73 Å². The summed E-state index contributed by atoms with van der Waals surface area (Å²) in [5.74, 6) is 0. The van der Waals surface area contributed by atoms with Gasteiger partial charge in [0.25, 0.3) is 0 Å². The van der Waals surface area contributed by atoms with Crippen LogP contribution in [0.25, 0.3) is 0 Å². The second-order valence-electron chi connectivity index (χ2n) is 3.95. The molecule has 0 aromatic rings. The Balaban J connectivity index is 2.70. The van der Waals surface area contributed by atoms with Crippen LogP contribution in [0.2, 0.25) is 0 Å². The van der Waals surface area contributed by atoms with Gasteiger partial charge in [-0.25, -0.2) is 5.11 Å². The molecule has 89 valence electrons. The van der Waals surface area contributed by atoms with Gasteiger partial charge in [-0.05, 0) is 13.8 Å². The van der Waals surface area contributed by atoms with E-state index in [1.165, 1.54) is 0 Å². The van der Waals surface area contributed by atoms with Crippen molar-refractivity contribution < 1.29 is 24.8 Å². The first-order valence-electron chi connectivity index (χ1n) is 4.98. The van der Waals surface area contributed by atoms with Crippen molar-refractivity contribution in [3.8, 4) is 0 Å². The minimum atomic E-state index is -1.27. The minimum absolute atomic E-state index is 0.145. The summed E-state index contributed by atoms with van der Waals surface area (Å²) < 4.78 is 10.2. The van der Waals surface area contributed by atoms with Crippen molar-refractivity contribution >= 4 is 0 Å². The van der Waals surface area contributed by atoms with Gasteiger partial charge in [-0.3, -0.25) is 0 Å². The Morgan fingerprint density at radius 3 is 2.53 bits per heavy atom. The van der Waals surface area contributed by atoms with Crippen LogP contribution in [0, 0.1) is 0 Å². The van der Waals surface area contributed by atoms with Crippen LogP contribution in [-0.4, -0.2) is 53.6 Å². The highest BCUT2D eigenvalue weighted by Crippen LogP contribution is 2.21. The molecule has 1 saturated heterocycles. The minimum Gasteiger partial charge on any atom is -0.388 e. The summed E-state index contributed by atoms with van der Waals surface area (Å²) in [7, 11) is 0. The van der Waals surface area contributed by atoms with Gasteiger partial charge in [-0.15, -0.1) is 0 Å². The molecule has 1 aliphatic heterocycles. The summed E-state index contributed by atoms with van der Waals surface area (Å²) in [4.78, 5) is 0. The highest BCUT2D eigenvalue weighted by Gasteiger charge is 2.43. The Morgan fingerprint density at radius 1 is 1.47 bits per heavy atom. The fourth-order valence-corrected chi connectivity index (χ4v) is 1.58. The molecule has 4 N–H and O–H groups in total. The van der Waals surface area contributed by atoms with E-state index in [1.54, 1.807) is 13.8 Å². The largest absolute Gasteiger partial charge is 0.388 e. The molecule has 1 radical (unpaired) electrons. The highest BCUT2D eigenvalue weighted by atomic mass is 16.6. The molecular weight excluding hydrogens is 202 g/mol. The third-order valence-corrected chi connectivity index (χ3v) is 2.33. The Hall–Kier alpha value is -0.240. The molecule has 0 amide bonds. The van der Waals surface area contributed by atoms with Gasteiger partial charge in [0.05, 0.1) is 12.1 Å². The number of aliphatic hydroxyl groups is 2. The van der Waals surface area contributed by atoms with Crippen molar-refractivity contribution in [3.63, 3.8) is 0 Å². The smallest absolute Gasteiger partial charge is 0.173 e. The Morgan fingerprint density at radius 2 is 2.07 bits per heavy atom. The number of ether oxygens (including phenoxy) is 2. The lowest BCUT2D eigenvalue weighted by atomic mass is 9.97. The highest BCUT2D eigenvalue weighted by molar-refractivity contribution is 4.92. The summed E-state index contributed by atoms with van der Waals surface area (Å²) in [6.07, 6.45) is -4.25. The van der Waals surface area contributed by atoms with Crippen molar-refractivity contribution in [3.05, 3.63) is 0 Å². The predicted molar refractivity (Wildman–Crippen MR) is 50.4 cm³/mol. The van der Waals surface area contributed by atoms with Crippen molar-refractivity contribution in [2.75, 3.05) is 6.61 Å². The van der Waals surface area contributed by atoms with Gasteiger partial charge < -0.3 is 25.4 Å². The molecule has 6 nitrogen and oxygen atoms in total. The molecule has 5 atom stereocenters. The van der Waals surface area contributed by atoms with Crippen LogP contribution in [0.3, 0.4) is 0 Å². The van der Waals surface area contributed by atoms with Crippen molar-refractivity contribution in [1.82, 2.24) is 0 Å². The molecule has 1 fully saturated rings. The first-order valence-corrected chi connectivity index (χ1v) is 4.98. The molecule has 0 aromatic carbocycles. The molecule has 1 heterocycles. The SMILES string of the molecule is CC(C)O[C@@H]1[C@@H](N)[C@@H](O)O[C@H](C[O])[C@H]1O. The van der Waals surface area contributed by atoms with Crippen LogP contribution in [0.15, 0.2) is 0 Å². The average molecular weight is 220 g/mol. The van der Waals surface area contributed by atoms with E-state index in [-0.39, 0.29) is 6.10 Å². The van der Waals surface area contributed by atoms with Crippen LogP contribution in [-0.2, 0) is 14.6 Å². The van der Waals surface area contributed by atoms with E-state index in [0.29, 0.717) is 0 Å². The average Bonchev–Trinajstić information content (AvgIpc) is 2.18. The first kappa shape index (κ1) is 12.8. The van der Waals surface area contributed by atoms with Gasteiger partial charge in [-0.1, -0.05) is 0 Å². The zero-order valence-corrected chi connectivity index (χ0v) is 8.87. The van der Waals surface area contributed by atoms with Crippen LogP contribution >= 0.6 is 0 Å². The van der Waals surface area contributed by atoms with Crippen LogP contribution in [0.5, 0.6) is 0 Å². The molecule has 0 unspecified atom stereocenters. The topological polar surface area (TPSA) is 105 Å². The summed E-state index contributed by atoms with van der Waals surface area (Å²) in [5, 5.41) is 29.8. The van der Waals surface area contributed by atoms with E-state index >= 15 is 0 Å². The predicted octanol–water partition coefficient (Wildman–Crippen LogP) is -1.38. The van der Waals surface area contributed by atoms with E-state index in [4.69, 9.17) is 15.2 Å². The molecular formula is C9H18NO5. The molecule has 0 saturated carbocycles. The summed E-state index contributed by atoms with van der Waals surface area (Å²) in [6, 6.07) is -0.842. The molecule has 0 bridgehead atoms. The molecule has 1 rings (SSSR count). The lowest BCUT2D eigenvalue weighted by Gasteiger charge is -2.41. The molecule has 0 aliphatic carbocycles. The zero-order chi connectivity index (χ0) is 11.6. The normalized spacial score (nSPS) is 42.2. The molecule has 0 aromatic heterocycles. The van der Waals surface area contributed by atoms with E-state index < -0.39 is 37.3 Å². The van der Waals surface area contributed by atoms with Gasteiger partial charge in [0.1, 0.15) is 24.9 Å². The van der Waals surface area contributed by atoms with E-state index in [2.05, 4.69) is 0 Å². The number of hydrogen-bond donors (Lipinski definition) is 3. The standard InChI is InChI=1S/C9H18NO5/c1-4(2)14-8-6(10)9(13)15-5(3-11)7(8)12/h4-9,12-13H,3,10H2,1-2H3/t5-,6-,7-,8-,9+/m1/s1. The van der Waals surface area contributed by atoms with E-state index in [9.17, 15) is 15.3 Å². The number of aliphatic hydroxyl groups excluding tert-OH is 2. The molecule has 1 aliphatic rings. The Labute approximate surface area is 88.6 Å². The number of hydrogen-bond acceptors (Lipinski definition) is 5. The second-order valence-corrected chi connectivity index (χ2v) is 3.95. The molecule has 6 heteroatoms. The number of nitrogens with two attached hydrogens (primary N) is 1. The van der Waals surface area contributed by atoms with Gasteiger partial charge in [0.2, 0.25) is 0 Å². The maximum atomic E-state index is 10.7. The van der Waals surface area contributed by atoms with Crippen molar-refractivity contribution in [2.24, 2.45) is 5.73 Å². The van der Waals surface area contributed by atoms with Crippen molar-refractivity contribution in [1.29, 1.82) is 0 Å². The fourth-order valence-electron chi connectivity index (χ4n) is 1.58. The number of rotatable bonds is 3. The van der Waals surface area contributed by atoms with E-state index in [1.807, 2.05) is 0 Å². The zero-order valence-electron chi connectivity index (χ0n) is 8.87. The second kappa shape index (κ2) is 5.20.